The second kappa shape index (κ2) is 7.13. The number of amides is 1. The first-order valence-electron chi connectivity index (χ1n) is 6.29. The molecule has 2 rings (SSSR count). The molecule has 7 heteroatoms. The molecule has 1 saturated heterocycles. The van der Waals surface area contributed by atoms with Crippen molar-refractivity contribution in [2.24, 2.45) is 0 Å². The van der Waals surface area contributed by atoms with Gasteiger partial charge in [-0.05, 0) is 17.7 Å². The summed E-state index contributed by atoms with van der Waals surface area (Å²) >= 11 is 11.9. The predicted molar refractivity (Wildman–Crippen MR) is 77.5 cm³/mol. The molecule has 0 unspecified atom stereocenters. The maximum Gasteiger partial charge on any atom is 0.404 e. The molecule has 110 valence electrons. The van der Waals surface area contributed by atoms with Gasteiger partial charge in [0.2, 0.25) is 0 Å². The minimum absolute atomic E-state index is 0.123. The largest absolute Gasteiger partial charge is 0.465 e. The third-order valence-corrected chi connectivity index (χ3v) is 3.83. The number of hydrogen-bond donors (Lipinski definition) is 2. The van der Waals surface area contributed by atoms with Gasteiger partial charge in [-0.3, -0.25) is 4.90 Å². The standard InChI is InChI=1S/C13H16Cl2N2O3/c14-11-2-1-9(5-12(11)15)7-17-3-4-20-10(8-17)6-16-13(18)19/h1-2,5,10,16H,3-4,6-8H2,(H,18,19)/t10-/m0/s1. The number of ether oxygens (including phenoxy) is 1. The van der Waals surface area contributed by atoms with E-state index in [1.807, 2.05) is 12.1 Å². The van der Waals surface area contributed by atoms with Crippen LogP contribution in [0, 0.1) is 0 Å². The number of hydrogen-bond acceptors (Lipinski definition) is 3. The van der Waals surface area contributed by atoms with E-state index in [1.54, 1.807) is 6.07 Å². The average Bonchev–Trinajstić information content (AvgIpc) is 2.41. The average molecular weight is 319 g/mol. The summed E-state index contributed by atoms with van der Waals surface area (Å²) in [6.45, 7) is 3.12. The highest BCUT2D eigenvalue weighted by molar-refractivity contribution is 6.42. The molecule has 0 saturated carbocycles. The lowest BCUT2D eigenvalue weighted by Crippen LogP contribution is -2.46. The smallest absolute Gasteiger partial charge is 0.404 e. The van der Waals surface area contributed by atoms with Crippen LogP contribution in [0.1, 0.15) is 5.56 Å². The summed E-state index contributed by atoms with van der Waals surface area (Å²) in [5, 5.41) is 12.0. The van der Waals surface area contributed by atoms with Gasteiger partial charge in [-0.1, -0.05) is 29.3 Å². The van der Waals surface area contributed by atoms with Gasteiger partial charge in [0, 0.05) is 26.2 Å². The van der Waals surface area contributed by atoms with Crippen molar-refractivity contribution in [2.45, 2.75) is 12.6 Å². The minimum Gasteiger partial charge on any atom is -0.465 e. The van der Waals surface area contributed by atoms with Crippen LogP contribution in [0.4, 0.5) is 4.79 Å². The fourth-order valence-electron chi connectivity index (χ4n) is 2.14. The Balaban J connectivity index is 1.88. The van der Waals surface area contributed by atoms with Gasteiger partial charge < -0.3 is 15.2 Å². The van der Waals surface area contributed by atoms with Crippen molar-refractivity contribution in [1.29, 1.82) is 0 Å². The van der Waals surface area contributed by atoms with E-state index < -0.39 is 6.09 Å². The molecule has 1 atom stereocenters. The van der Waals surface area contributed by atoms with Crippen molar-refractivity contribution < 1.29 is 14.6 Å². The van der Waals surface area contributed by atoms with Gasteiger partial charge >= 0.3 is 6.09 Å². The number of rotatable bonds is 4. The Morgan fingerprint density at radius 1 is 1.45 bits per heavy atom. The summed E-state index contributed by atoms with van der Waals surface area (Å²) < 4.78 is 5.52. The van der Waals surface area contributed by atoms with Crippen molar-refractivity contribution in [1.82, 2.24) is 10.2 Å². The lowest BCUT2D eigenvalue weighted by Gasteiger charge is -2.32. The van der Waals surface area contributed by atoms with E-state index in [0.717, 1.165) is 18.7 Å². The van der Waals surface area contributed by atoms with Gasteiger partial charge in [0.15, 0.2) is 0 Å². The molecule has 0 aliphatic carbocycles. The van der Waals surface area contributed by atoms with E-state index in [0.29, 0.717) is 29.7 Å². The Hall–Kier alpha value is -1.01. The monoisotopic (exact) mass is 318 g/mol. The first-order chi connectivity index (χ1) is 9.54. The zero-order valence-electron chi connectivity index (χ0n) is 10.8. The topological polar surface area (TPSA) is 61.8 Å². The zero-order chi connectivity index (χ0) is 14.5. The summed E-state index contributed by atoms with van der Waals surface area (Å²) in [4.78, 5) is 12.7. The fourth-order valence-corrected chi connectivity index (χ4v) is 2.47. The normalized spacial score (nSPS) is 19.8. The third-order valence-electron chi connectivity index (χ3n) is 3.09. The molecule has 5 nitrogen and oxygen atoms in total. The lowest BCUT2D eigenvalue weighted by molar-refractivity contribution is -0.0293. The van der Waals surface area contributed by atoms with E-state index in [9.17, 15) is 4.79 Å². The molecular formula is C13H16Cl2N2O3. The number of nitrogens with zero attached hydrogens (tertiary/aromatic N) is 1. The van der Waals surface area contributed by atoms with Crippen LogP contribution in [0.2, 0.25) is 10.0 Å². The number of nitrogens with one attached hydrogen (secondary N) is 1. The van der Waals surface area contributed by atoms with Crippen molar-refractivity contribution in [3.05, 3.63) is 33.8 Å². The van der Waals surface area contributed by atoms with Gasteiger partial charge in [0.25, 0.3) is 0 Å². The van der Waals surface area contributed by atoms with Crippen LogP contribution in [0.25, 0.3) is 0 Å². The molecule has 1 aromatic rings. The Morgan fingerprint density at radius 2 is 2.25 bits per heavy atom. The Bertz CT molecular complexity index is 485. The van der Waals surface area contributed by atoms with E-state index in [2.05, 4.69) is 10.2 Å². The van der Waals surface area contributed by atoms with Crippen molar-refractivity contribution >= 4 is 29.3 Å². The van der Waals surface area contributed by atoms with Crippen molar-refractivity contribution in [3.8, 4) is 0 Å². The second-order valence-electron chi connectivity index (χ2n) is 4.66. The maximum absolute atomic E-state index is 10.5. The number of benzene rings is 1. The second-order valence-corrected chi connectivity index (χ2v) is 5.48. The Kier molecular flexibility index (Phi) is 5.48. The summed E-state index contributed by atoms with van der Waals surface area (Å²) in [6, 6.07) is 5.57. The molecule has 1 heterocycles. The van der Waals surface area contributed by atoms with Crippen LogP contribution in [0.5, 0.6) is 0 Å². The Labute approximate surface area is 127 Å². The Morgan fingerprint density at radius 3 is 2.95 bits per heavy atom. The summed E-state index contributed by atoms with van der Waals surface area (Å²) in [6.07, 6.45) is -1.15. The van der Waals surface area contributed by atoms with E-state index in [1.165, 1.54) is 0 Å². The first-order valence-corrected chi connectivity index (χ1v) is 7.05. The van der Waals surface area contributed by atoms with Gasteiger partial charge in [-0.25, -0.2) is 4.79 Å². The quantitative estimate of drug-likeness (QED) is 0.895. The van der Waals surface area contributed by atoms with Crippen LogP contribution < -0.4 is 5.32 Å². The molecule has 0 bridgehead atoms. The highest BCUT2D eigenvalue weighted by Crippen LogP contribution is 2.23. The SMILES string of the molecule is O=C(O)NC[C@H]1CN(Cc2ccc(Cl)c(Cl)c2)CCO1. The number of halogens is 2. The molecule has 20 heavy (non-hydrogen) atoms. The highest BCUT2D eigenvalue weighted by Gasteiger charge is 2.21. The van der Waals surface area contributed by atoms with Gasteiger partial charge in [-0.15, -0.1) is 0 Å². The molecular weight excluding hydrogens is 303 g/mol. The maximum atomic E-state index is 10.5. The molecule has 1 aliphatic rings. The molecule has 1 aromatic carbocycles. The molecule has 1 fully saturated rings. The lowest BCUT2D eigenvalue weighted by atomic mass is 10.2. The zero-order valence-corrected chi connectivity index (χ0v) is 12.3. The van der Waals surface area contributed by atoms with Crippen LogP contribution in [-0.4, -0.2) is 48.4 Å². The van der Waals surface area contributed by atoms with E-state index >= 15 is 0 Å². The van der Waals surface area contributed by atoms with Crippen LogP contribution in [-0.2, 0) is 11.3 Å². The van der Waals surface area contributed by atoms with E-state index in [4.69, 9.17) is 33.0 Å². The summed E-state index contributed by atoms with van der Waals surface area (Å²) in [7, 11) is 0. The molecule has 0 spiro atoms. The molecule has 0 radical (unpaired) electrons. The molecule has 1 amide bonds. The summed E-state index contributed by atoms with van der Waals surface area (Å²) in [5.74, 6) is 0. The third kappa shape index (κ3) is 4.52. The van der Waals surface area contributed by atoms with Crippen molar-refractivity contribution in [2.75, 3.05) is 26.2 Å². The van der Waals surface area contributed by atoms with Crippen LogP contribution in [0.3, 0.4) is 0 Å². The fraction of sp³-hybridized carbons (Fsp3) is 0.462. The molecule has 0 aromatic heterocycles. The first kappa shape index (κ1) is 15.4. The molecule has 1 aliphatic heterocycles. The predicted octanol–water partition coefficient (Wildman–Crippen LogP) is 2.46. The minimum atomic E-state index is -1.03. The van der Waals surface area contributed by atoms with E-state index in [-0.39, 0.29) is 6.10 Å². The van der Waals surface area contributed by atoms with Crippen LogP contribution >= 0.6 is 23.2 Å². The van der Waals surface area contributed by atoms with Gasteiger partial charge in [0.05, 0.1) is 22.8 Å². The molecule has 2 N–H and O–H groups in total. The van der Waals surface area contributed by atoms with Crippen LogP contribution in [0.15, 0.2) is 18.2 Å². The van der Waals surface area contributed by atoms with Gasteiger partial charge in [0.1, 0.15) is 0 Å². The number of morpholine rings is 1. The highest BCUT2D eigenvalue weighted by atomic mass is 35.5. The summed E-state index contributed by atoms with van der Waals surface area (Å²) in [5.41, 5.74) is 1.08. The van der Waals surface area contributed by atoms with Crippen molar-refractivity contribution in [3.63, 3.8) is 0 Å². The number of carboxylic acid groups (broad SMARTS) is 1. The number of carbonyl (C=O) groups is 1. The van der Waals surface area contributed by atoms with Gasteiger partial charge in [-0.2, -0.15) is 0 Å².